The number of amides is 2. The molecule has 3 rings (SSSR count). The molecule has 182 valence electrons. The largest absolute Gasteiger partial charge is 0.352 e. The van der Waals surface area contributed by atoms with E-state index in [-0.39, 0.29) is 48.1 Å². The summed E-state index contributed by atoms with van der Waals surface area (Å²) in [6.07, 6.45) is -0.0949. The molecule has 0 heterocycles. The van der Waals surface area contributed by atoms with Gasteiger partial charge in [0.15, 0.2) is 0 Å². The highest BCUT2D eigenvalue weighted by molar-refractivity contribution is 5.89. The second kappa shape index (κ2) is 11.9. The van der Waals surface area contributed by atoms with Crippen LogP contribution in [0, 0.1) is 15.9 Å². The van der Waals surface area contributed by atoms with Crippen LogP contribution in [0.1, 0.15) is 30.5 Å². The molecule has 0 aliphatic rings. The molecular weight excluding hydrogens is 449 g/mol. The number of nitrogens with zero attached hydrogens (tertiary/aromatic N) is 2. The molecule has 0 aromatic heterocycles. The Bertz CT molecular complexity index is 1180. The van der Waals surface area contributed by atoms with Crippen LogP contribution in [0.15, 0.2) is 78.9 Å². The van der Waals surface area contributed by atoms with Crippen molar-refractivity contribution in [2.45, 2.75) is 45.3 Å². The summed E-state index contributed by atoms with van der Waals surface area (Å²) < 4.78 is 14.6. The SMILES string of the molecule is CC(C)NC(=O)[C@@H](Cc1ccccc1)N(Cc1ccccc1F)C(=O)Cc1ccccc1[N+](=O)[O-]. The Kier molecular flexibility index (Phi) is 8.67. The van der Waals surface area contributed by atoms with Gasteiger partial charge in [0.1, 0.15) is 11.9 Å². The molecule has 0 fully saturated rings. The van der Waals surface area contributed by atoms with Gasteiger partial charge in [-0.05, 0) is 25.5 Å². The maximum Gasteiger partial charge on any atom is 0.273 e. The molecule has 0 saturated carbocycles. The zero-order valence-electron chi connectivity index (χ0n) is 19.7. The third kappa shape index (κ3) is 6.96. The number of halogens is 1. The van der Waals surface area contributed by atoms with Crippen molar-refractivity contribution in [3.63, 3.8) is 0 Å². The van der Waals surface area contributed by atoms with Crippen LogP contribution >= 0.6 is 0 Å². The van der Waals surface area contributed by atoms with Gasteiger partial charge in [-0.2, -0.15) is 0 Å². The van der Waals surface area contributed by atoms with Crippen LogP contribution in [0.3, 0.4) is 0 Å². The number of carbonyl (C=O) groups is 2. The van der Waals surface area contributed by atoms with Gasteiger partial charge in [-0.25, -0.2) is 4.39 Å². The molecule has 0 spiro atoms. The predicted octanol–water partition coefficient (Wildman–Crippen LogP) is 4.44. The van der Waals surface area contributed by atoms with E-state index in [4.69, 9.17) is 0 Å². The van der Waals surface area contributed by atoms with Gasteiger partial charge in [0.05, 0.1) is 11.3 Å². The summed E-state index contributed by atoms with van der Waals surface area (Å²) in [7, 11) is 0. The van der Waals surface area contributed by atoms with Crippen molar-refractivity contribution in [3.8, 4) is 0 Å². The van der Waals surface area contributed by atoms with Gasteiger partial charge >= 0.3 is 0 Å². The van der Waals surface area contributed by atoms with E-state index < -0.39 is 22.7 Å². The highest BCUT2D eigenvalue weighted by Crippen LogP contribution is 2.22. The Morgan fingerprint density at radius 2 is 1.54 bits per heavy atom. The summed E-state index contributed by atoms with van der Waals surface area (Å²) in [6.45, 7) is 3.47. The molecule has 3 aromatic rings. The van der Waals surface area contributed by atoms with Crippen molar-refractivity contribution in [1.82, 2.24) is 10.2 Å². The maximum atomic E-state index is 14.6. The van der Waals surface area contributed by atoms with Crippen LogP contribution in [0.25, 0.3) is 0 Å². The Labute approximate surface area is 203 Å². The van der Waals surface area contributed by atoms with Crippen molar-refractivity contribution in [1.29, 1.82) is 0 Å². The highest BCUT2D eigenvalue weighted by atomic mass is 19.1. The minimum atomic E-state index is -0.949. The molecule has 0 unspecified atom stereocenters. The fourth-order valence-corrected chi connectivity index (χ4v) is 3.85. The molecule has 1 N–H and O–H groups in total. The second-order valence-corrected chi connectivity index (χ2v) is 8.54. The number of carbonyl (C=O) groups excluding carboxylic acids is 2. The lowest BCUT2D eigenvalue weighted by molar-refractivity contribution is -0.385. The molecule has 0 saturated heterocycles. The van der Waals surface area contributed by atoms with Crippen molar-refractivity contribution in [3.05, 3.63) is 111 Å². The van der Waals surface area contributed by atoms with E-state index >= 15 is 0 Å². The quantitative estimate of drug-likeness (QED) is 0.345. The fourth-order valence-electron chi connectivity index (χ4n) is 3.85. The summed E-state index contributed by atoms with van der Waals surface area (Å²) in [6, 6.07) is 20.1. The van der Waals surface area contributed by atoms with Crippen molar-refractivity contribution >= 4 is 17.5 Å². The Balaban J connectivity index is 2.02. The molecule has 7 nitrogen and oxygen atoms in total. The maximum absolute atomic E-state index is 14.6. The second-order valence-electron chi connectivity index (χ2n) is 8.54. The number of para-hydroxylation sites is 1. The standard InChI is InChI=1S/C27H28FN3O4/c1-19(2)29-27(33)25(16-20-10-4-3-5-11-20)30(18-22-13-6-8-14-23(22)28)26(32)17-21-12-7-9-15-24(21)31(34)35/h3-15,19,25H,16-18H2,1-2H3,(H,29,33)/t25-/m1/s1. The fraction of sp³-hybridized carbons (Fsp3) is 0.259. The average molecular weight is 478 g/mol. The molecule has 0 radical (unpaired) electrons. The third-order valence-electron chi connectivity index (χ3n) is 5.53. The molecule has 3 aromatic carbocycles. The Hall–Kier alpha value is -4.07. The van der Waals surface area contributed by atoms with Gasteiger partial charge in [0.2, 0.25) is 11.8 Å². The smallest absolute Gasteiger partial charge is 0.273 e. The summed E-state index contributed by atoms with van der Waals surface area (Å²) >= 11 is 0. The van der Waals surface area contributed by atoms with Gasteiger partial charge in [-0.3, -0.25) is 19.7 Å². The lowest BCUT2D eigenvalue weighted by Gasteiger charge is -2.32. The zero-order chi connectivity index (χ0) is 25.4. The molecule has 0 aliphatic carbocycles. The van der Waals surface area contributed by atoms with E-state index in [2.05, 4.69) is 5.32 Å². The topological polar surface area (TPSA) is 92.6 Å². The minimum absolute atomic E-state index is 0.158. The summed E-state index contributed by atoms with van der Waals surface area (Å²) in [5, 5.41) is 14.3. The van der Waals surface area contributed by atoms with Crippen molar-refractivity contribution < 1.29 is 18.9 Å². The van der Waals surface area contributed by atoms with Crippen LogP contribution in [0.2, 0.25) is 0 Å². The first-order valence-corrected chi connectivity index (χ1v) is 11.4. The number of hydrogen-bond donors (Lipinski definition) is 1. The van der Waals surface area contributed by atoms with Crippen LogP contribution in [0.5, 0.6) is 0 Å². The van der Waals surface area contributed by atoms with Gasteiger partial charge in [-0.1, -0.05) is 66.7 Å². The van der Waals surface area contributed by atoms with Crippen LogP contribution in [-0.4, -0.2) is 33.7 Å². The third-order valence-corrected chi connectivity index (χ3v) is 5.53. The van der Waals surface area contributed by atoms with Crippen LogP contribution in [-0.2, 0) is 29.0 Å². The first-order valence-electron chi connectivity index (χ1n) is 11.4. The van der Waals surface area contributed by atoms with E-state index in [1.54, 1.807) is 24.3 Å². The number of hydrogen-bond acceptors (Lipinski definition) is 4. The number of rotatable bonds is 10. The van der Waals surface area contributed by atoms with Crippen LogP contribution in [0.4, 0.5) is 10.1 Å². The number of nitro groups is 1. The number of nitrogens with one attached hydrogen (secondary N) is 1. The zero-order valence-corrected chi connectivity index (χ0v) is 19.7. The summed E-state index contributed by atoms with van der Waals surface area (Å²) in [5.74, 6) is -1.39. The van der Waals surface area contributed by atoms with Gasteiger partial charge in [0.25, 0.3) is 5.69 Å². The van der Waals surface area contributed by atoms with Gasteiger partial charge < -0.3 is 10.2 Å². The minimum Gasteiger partial charge on any atom is -0.352 e. The van der Waals surface area contributed by atoms with Gasteiger partial charge in [-0.15, -0.1) is 0 Å². The van der Waals surface area contributed by atoms with Gasteiger partial charge in [0, 0.05) is 36.2 Å². The lowest BCUT2D eigenvalue weighted by Crippen LogP contribution is -2.52. The number of benzene rings is 3. The molecule has 0 bridgehead atoms. The Morgan fingerprint density at radius 3 is 2.17 bits per heavy atom. The van der Waals surface area contributed by atoms with Crippen molar-refractivity contribution in [2.24, 2.45) is 0 Å². The monoisotopic (exact) mass is 477 g/mol. The molecule has 0 aliphatic heterocycles. The molecular formula is C27H28FN3O4. The van der Waals surface area contributed by atoms with Crippen LogP contribution < -0.4 is 5.32 Å². The Morgan fingerprint density at radius 1 is 0.943 bits per heavy atom. The first-order chi connectivity index (χ1) is 16.8. The predicted molar refractivity (Wildman–Crippen MR) is 131 cm³/mol. The van der Waals surface area contributed by atoms with E-state index in [9.17, 15) is 24.1 Å². The van der Waals surface area contributed by atoms with Crippen molar-refractivity contribution in [2.75, 3.05) is 0 Å². The van der Waals surface area contributed by atoms with E-state index in [0.717, 1.165) is 5.56 Å². The molecule has 8 heteroatoms. The summed E-state index contributed by atoms with van der Waals surface area (Å²) in [5.41, 5.74) is 1.12. The van der Waals surface area contributed by atoms with E-state index in [1.807, 2.05) is 44.2 Å². The summed E-state index contributed by atoms with van der Waals surface area (Å²) in [4.78, 5) is 39.2. The number of nitro benzene ring substituents is 1. The normalized spacial score (nSPS) is 11.7. The first kappa shape index (κ1) is 25.6. The molecule has 1 atom stereocenters. The van der Waals surface area contributed by atoms with E-state index in [1.165, 1.54) is 29.2 Å². The molecule has 2 amide bonds. The highest BCUT2D eigenvalue weighted by Gasteiger charge is 2.32. The molecule has 35 heavy (non-hydrogen) atoms. The average Bonchev–Trinajstić information content (AvgIpc) is 2.82. The van der Waals surface area contributed by atoms with E-state index in [0.29, 0.717) is 0 Å². The lowest BCUT2D eigenvalue weighted by atomic mass is 10.0.